The molecule has 96 valence electrons. The van der Waals surface area contributed by atoms with E-state index in [4.69, 9.17) is 0 Å². The van der Waals surface area contributed by atoms with E-state index in [0.29, 0.717) is 12.0 Å². The molecule has 0 bridgehead atoms. The van der Waals surface area contributed by atoms with Crippen LogP contribution in [0, 0.1) is 25.6 Å². The molecule has 1 aromatic rings. The molecule has 1 unspecified atom stereocenters. The lowest BCUT2D eigenvalue weighted by Gasteiger charge is -2.19. The summed E-state index contributed by atoms with van der Waals surface area (Å²) in [6.07, 6.45) is 2.28. The monoisotopic (exact) mass is 237 g/mol. The number of hydrogen-bond acceptors (Lipinski definition) is 1. The summed E-state index contributed by atoms with van der Waals surface area (Å²) < 4.78 is 13.6. The average Bonchev–Trinajstić information content (AvgIpc) is 2.26. The lowest BCUT2D eigenvalue weighted by Crippen LogP contribution is -2.17. The fourth-order valence-electron chi connectivity index (χ4n) is 2.16. The zero-order valence-electron chi connectivity index (χ0n) is 11.6. The summed E-state index contributed by atoms with van der Waals surface area (Å²) in [6, 6.07) is 4.25. The highest BCUT2D eigenvalue weighted by molar-refractivity contribution is 5.32. The van der Waals surface area contributed by atoms with Crippen molar-refractivity contribution in [2.75, 3.05) is 7.05 Å². The highest BCUT2D eigenvalue weighted by Crippen LogP contribution is 2.24. The number of hydrogen-bond donors (Lipinski definition) is 1. The molecule has 0 aromatic heterocycles. The van der Waals surface area contributed by atoms with E-state index in [1.165, 1.54) is 12.0 Å². The first-order valence-electron chi connectivity index (χ1n) is 6.39. The quantitative estimate of drug-likeness (QED) is 0.811. The molecule has 0 saturated carbocycles. The number of halogens is 1. The molecule has 0 radical (unpaired) electrons. The van der Waals surface area contributed by atoms with Gasteiger partial charge in [-0.05, 0) is 56.3 Å². The van der Waals surface area contributed by atoms with Crippen molar-refractivity contribution in [1.29, 1.82) is 0 Å². The third-order valence-electron chi connectivity index (χ3n) is 3.24. The van der Waals surface area contributed by atoms with E-state index >= 15 is 0 Å². The van der Waals surface area contributed by atoms with Gasteiger partial charge in [-0.25, -0.2) is 4.39 Å². The average molecular weight is 237 g/mol. The fraction of sp³-hybridized carbons (Fsp3) is 0.600. The van der Waals surface area contributed by atoms with Crippen LogP contribution in [-0.4, -0.2) is 7.05 Å². The van der Waals surface area contributed by atoms with E-state index in [1.54, 1.807) is 0 Å². The van der Waals surface area contributed by atoms with Crippen LogP contribution in [0.25, 0.3) is 0 Å². The lowest BCUT2D eigenvalue weighted by molar-refractivity contribution is 0.464. The van der Waals surface area contributed by atoms with Gasteiger partial charge in [0.2, 0.25) is 0 Å². The fourth-order valence-corrected chi connectivity index (χ4v) is 2.16. The summed E-state index contributed by atoms with van der Waals surface area (Å²) in [6.45, 7) is 8.13. The van der Waals surface area contributed by atoms with Gasteiger partial charge in [-0.1, -0.05) is 26.0 Å². The molecule has 1 rings (SSSR count). The minimum atomic E-state index is -0.0764. The summed E-state index contributed by atoms with van der Waals surface area (Å²) in [5, 5.41) is 3.33. The topological polar surface area (TPSA) is 12.0 Å². The Kier molecular flexibility index (Phi) is 5.13. The van der Waals surface area contributed by atoms with Crippen LogP contribution in [-0.2, 0) is 0 Å². The highest BCUT2D eigenvalue weighted by Gasteiger charge is 2.13. The Balaban J connectivity index is 2.88. The summed E-state index contributed by atoms with van der Waals surface area (Å²) >= 11 is 0. The second kappa shape index (κ2) is 6.15. The van der Waals surface area contributed by atoms with Gasteiger partial charge in [0, 0.05) is 6.04 Å². The molecule has 1 atom stereocenters. The Labute approximate surface area is 104 Å². The standard InChI is InChI=1S/C15H24FN/c1-10(2)6-7-14(17-5)13-8-11(3)15(16)12(4)9-13/h8-10,14,17H,6-7H2,1-5H3. The predicted molar refractivity (Wildman–Crippen MR) is 71.7 cm³/mol. The Morgan fingerprint density at radius 1 is 1.12 bits per heavy atom. The van der Waals surface area contributed by atoms with Crippen LogP contribution in [0.3, 0.4) is 0 Å². The Bertz CT molecular complexity index is 348. The van der Waals surface area contributed by atoms with Crippen LogP contribution in [0.1, 0.15) is 49.4 Å². The largest absolute Gasteiger partial charge is 0.313 e. The summed E-state index contributed by atoms with van der Waals surface area (Å²) in [7, 11) is 1.97. The summed E-state index contributed by atoms with van der Waals surface area (Å²) in [4.78, 5) is 0. The molecular weight excluding hydrogens is 213 g/mol. The van der Waals surface area contributed by atoms with Gasteiger partial charge in [0.25, 0.3) is 0 Å². The molecule has 0 aliphatic carbocycles. The molecule has 0 aliphatic heterocycles. The third-order valence-corrected chi connectivity index (χ3v) is 3.24. The minimum absolute atomic E-state index is 0.0764. The number of rotatable bonds is 5. The van der Waals surface area contributed by atoms with Crippen LogP contribution < -0.4 is 5.32 Å². The maximum atomic E-state index is 13.6. The maximum Gasteiger partial charge on any atom is 0.129 e. The summed E-state index contributed by atoms with van der Waals surface area (Å²) in [5.41, 5.74) is 2.68. The van der Waals surface area contributed by atoms with Crippen molar-refractivity contribution in [2.45, 2.75) is 46.6 Å². The van der Waals surface area contributed by atoms with Gasteiger partial charge in [0.05, 0.1) is 0 Å². The molecule has 0 heterocycles. The number of aryl methyl sites for hydroxylation is 2. The van der Waals surface area contributed by atoms with Crippen LogP contribution in [0.2, 0.25) is 0 Å². The predicted octanol–water partition coefficient (Wildman–Crippen LogP) is 4.14. The Hall–Kier alpha value is -0.890. The molecule has 0 fully saturated rings. The molecular formula is C15H24FN. The first kappa shape index (κ1) is 14.2. The zero-order chi connectivity index (χ0) is 13.0. The maximum absolute atomic E-state index is 13.6. The van der Waals surface area contributed by atoms with E-state index in [0.717, 1.165) is 17.5 Å². The van der Waals surface area contributed by atoms with Crippen molar-refractivity contribution in [1.82, 2.24) is 5.32 Å². The minimum Gasteiger partial charge on any atom is -0.313 e. The van der Waals surface area contributed by atoms with Gasteiger partial charge >= 0.3 is 0 Å². The smallest absolute Gasteiger partial charge is 0.129 e. The lowest BCUT2D eigenvalue weighted by atomic mass is 9.95. The molecule has 0 saturated heterocycles. The third kappa shape index (κ3) is 3.81. The van der Waals surface area contributed by atoms with Crippen molar-refractivity contribution in [2.24, 2.45) is 5.92 Å². The molecule has 1 nitrogen and oxygen atoms in total. The van der Waals surface area contributed by atoms with Gasteiger partial charge in [0.15, 0.2) is 0 Å². The first-order chi connectivity index (χ1) is 7.95. The molecule has 1 N–H and O–H groups in total. The molecule has 0 aliphatic rings. The van der Waals surface area contributed by atoms with Gasteiger partial charge in [-0.2, -0.15) is 0 Å². The Morgan fingerprint density at radius 2 is 1.65 bits per heavy atom. The van der Waals surface area contributed by atoms with Gasteiger partial charge < -0.3 is 5.32 Å². The van der Waals surface area contributed by atoms with Crippen molar-refractivity contribution in [3.05, 3.63) is 34.6 Å². The van der Waals surface area contributed by atoms with Crippen molar-refractivity contribution < 1.29 is 4.39 Å². The normalized spacial score (nSPS) is 13.1. The molecule has 17 heavy (non-hydrogen) atoms. The second-order valence-electron chi connectivity index (χ2n) is 5.28. The highest BCUT2D eigenvalue weighted by atomic mass is 19.1. The number of nitrogens with one attached hydrogen (secondary N) is 1. The van der Waals surface area contributed by atoms with Crippen LogP contribution in [0.4, 0.5) is 4.39 Å². The SMILES string of the molecule is CNC(CCC(C)C)c1cc(C)c(F)c(C)c1. The number of benzene rings is 1. The van der Waals surface area contributed by atoms with Crippen LogP contribution in [0.15, 0.2) is 12.1 Å². The van der Waals surface area contributed by atoms with E-state index in [1.807, 2.05) is 33.0 Å². The van der Waals surface area contributed by atoms with E-state index < -0.39 is 0 Å². The van der Waals surface area contributed by atoms with Crippen LogP contribution in [0.5, 0.6) is 0 Å². The van der Waals surface area contributed by atoms with E-state index in [2.05, 4.69) is 19.2 Å². The van der Waals surface area contributed by atoms with E-state index in [9.17, 15) is 4.39 Å². The molecule has 2 heteroatoms. The van der Waals surface area contributed by atoms with Gasteiger partial charge in [-0.15, -0.1) is 0 Å². The second-order valence-corrected chi connectivity index (χ2v) is 5.28. The zero-order valence-corrected chi connectivity index (χ0v) is 11.6. The van der Waals surface area contributed by atoms with Crippen molar-refractivity contribution in [3.8, 4) is 0 Å². The molecule has 0 spiro atoms. The molecule has 0 amide bonds. The first-order valence-corrected chi connectivity index (χ1v) is 6.39. The Morgan fingerprint density at radius 3 is 2.06 bits per heavy atom. The summed E-state index contributed by atoms with van der Waals surface area (Å²) in [5.74, 6) is 0.626. The van der Waals surface area contributed by atoms with Crippen molar-refractivity contribution >= 4 is 0 Å². The van der Waals surface area contributed by atoms with Crippen LogP contribution >= 0.6 is 0 Å². The van der Waals surface area contributed by atoms with Gasteiger partial charge in [0.1, 0.15) is 5.82 Å². The van der Waals surface area contributed by atoms with E-state index in [-0.39, 0.29) is 5.82 Å². The molecule has 1 aromatic carbocycles. The van der Waals surface area contributed by atoms with Gasteiger partial charge in [-0.3, -0.25) is 0 Å². The van der Waals surface area contributed by atoms with Crippen molar-refractivity contribution in [3.63, 3.8) is 0 Å².